The molecule has 1 atom stereocenters. The monoisotopic (exact) mass is 391 g/mol. The molecule has 150 valence electrons. The highest BCUT2D eigenvalue weighted by atomic mass is 32.1. The number of hydrogen-bond acceptors (Lipinski definition) is 5. The number of carbonyl (C=O) groups excluding carboxylic acids is 1. The first kappa shape index (κ1) is 19.4. The molecule has 4 heterocycles. The molecule has 3 aliphatic heterocycles. The van der Waals surface area contributed by atoms with Gasteiger partial charge in [-0.2, -0.15) is 0 Å². The number of nitrogens with zero attached hydrogens (tertiary/aromatic N) is 1. The van der Waals surface area contributed by atoms with E-state index in [1.807, 2.05) is 13.8 Å². The number of likely N-dealkylation sites (tertiary alicyclic amines) is 1. The second-order valence-corrected chi connectivity index (χ2v) is 9.82. The Bertz CT molecular complexity index is 658. The number of ether oxygens (including phenoxy) is 1. The van der Waals surface area contributed by atoms with Gasteiger partial charge in [-0.1, -0.05) is 0 Å². The van der Waals surface area contributed by atoms with E-state index in [1.165, 1.54) is 42.9 Å². The quantitative estimate of drug-likeness (QED) is 0.829. The first-order valence-electron chi connectivity index (χ1n) is 10.6. The predicted octanol–water partition coefficient (Wildman–Crippen LogP) is 2.75. The van der Waals surface area contributed by atoms with Crippen LogP contribution < -0.4 is 10.6 Å². The Morgan fingerprint density at radius 2 is 2.26 bits per heavy atom. The lowest BCUT2D eigenvalue weighted by atomic mass is 9.82. The number of piperidine rings is 2. The van der Waals surface area contributed by atoms with Crippen LogP contribution in [0, 0.1) is 5.92 Å². The fourth-order valence-electron chi connectivity index (χ4n) is 4.82. The highest BCUT2D eigenvalue weighted by molar-refractivity contribution is 7.14. The molecule has 5 nitrogen and oxygen atoms in total. The molecule has 1 aromatic heterocycles. The SMILES string of the molecule is CC(C)NC(=O)c1cc2c(s1)CCOC21CCN(CC2CCCNC2)CC1. The zero-order chi connectivity index (χ0) is 18.9. The van der Waals surface area contributed by atoms with Crippen molar-refractivity contribution in [1.82, 2.24) is 15.5 Å². The standard InChI is InChI=1S/C21H33N3O2S/c1-15(2)23-20(25)19-12-17-18(27-19)5-11-26-21(17)6-9-24(10-7-21)14-16-4-3-8-22-13-16/h12,15-16,22H,3-11,13-14H2,1-2H3,(H,23,25). The molecule has 4 rings (SSSR count). The van der Waals surface area contributed by atoms with Crippen molar-refractivity contribution in [2.24, 2.45) is 5.92 Å². The minimum atomic E-state index is -0.165. The van der Waals surface area contributed by atoms with Gasteiger partial charge < -0.3 is 20.3 Å². The average Bonchev–Trinajstić information content (AvgIpc) is 3.10. The number of amides is 1. The highest BCUT2D eigenvalue weighted by Gasteiger charge is 2.42. The number of thiophene rings is 1. The van der Waals surface area contributed by atoms with Gasteiger partial charge in [0.05, 0.1) is 17.1 Å². The lowest BCUT2D eigenvalue weighted by Gasteiger charge is -2.45. The molecule has 0 radical (unpaired) electrons. The molecular weight excluding hydrogens is 358 g/mol. The van der Waals surface area contributed by atoms with Crippen LogP contribution in [0.5, 0.6) is 0 Å². The largest absolute Gasteiger partial charge is 0.370 e. The van der Waals surface area contributed by atoms with Crippen molar-refractivity contribution in [3.63, 3.8) is 0 Å². The lowest BCUT2D eigenvalue weighted by molar-refractivity contribution is -0.0985. The number of hydrogen-bond donors (Lipinski definition) is 2. The summed E-state index contributed by atoms with van der Waals surface area (Å²) >= 11 is 1.67. The fraction of sp³-hybridized carbons (Fsp3) is 0.762. The molecule has 1 amide bonds. The maximum absolute atomic E-state index is 12.5. The van der Waals surface area contributed by atoms with E-state index in [1.54, 1.807) is 11.3 Å². The third-order valence-electron chi connectivity index (χ3n) is 6.23. The summed E-state index contributed by atoms with van der Waals surface area (Å²) in [7, 11) is 0. The molecule has 0 saturated carbocycles. The molecule has 1 unspecified atom stereocenters. The van der Waals surface area contributed by atoms with Crippen molar-refractivity contribution < 1.29 is 9.53 Å². The summed E-state index contributed by atoms with van der Waals surface area (Å²) < 4.78 is 6.38. The van der Waals surface area contributed by atoms with Gasteiger partial charge in [0.15, 0.2) is 0 Å². The molecular formula is C21H33N3O2S. The van der Waals surface area contributed by atoms with Crippen molar-refractivity contribution in [3.05, 3.63) is 21.4 Å². The second kappa shape index (κ2) is 8.19. The number of fused-ring (bicyclic) bond motifs is 2. The Kier molecular flexibility index (Phi) is 5.88. The summed E-state index contributed by atoms with van der Waals surface area (Å²) in [5, 5.41) is 6.56. The molecule has 2 N–H and O–H groups in total. The maximum atomic E-state index is 12.5. The minimum Gasteiger partial charge on any atom is -0.370 e. The van der Waals surface area contributed by atoms with Crippen LogP contribution >= 0.6 is 11.3 Å². The lowest BCUT2D eigenvalue weighted by Crippen LogP contribution is -2.48. The Labute approximate surface area is 166 Å². The highest BCUT2D eigenvalue weighted by Crippen LogP contribution is 2.44. The van der Waals surface area contributed by atoms with E-state index in [4.69, 9.17) is 4.74 Å². The molecule has 2 saturated heterocycles. The van der Waals surface area contributed by atoms with Gasteiger partial charge >= 0.3 is 0 Å². The predicted molar refractivity (Wildman–Crippen MR) is 110 cm³/mol. The van der Waals surface area contributed by atoms with Crippen molar-refractivity contribution in [1.29, 1.82) is 0 Å². The van der Waals surface area contributed by atoms with Crippen LogP contribution in [0.1, 0.15) is 59.6 Å². The molecule has 0 aliphatic carbocycles. The van der Waals surface area contributed by atoms with Gasteiger partial charge in [0.1, 0.15) is 0 Å². The Morgan fingerprint density at radius 3 is 2.96 bits per heavy atom. The van der Waals surface area contributed by atoms with Gasteiger partial charge in [-0.05, 0) is 70.2 Å². The Hall–Kier alpha value is -0.950. The Balaban J connectivity index is 1.43. The van der Waals surface area contributed by atoms with Crippen LogP contribution in [0.3, 0.4) is 0 Å². The zero-order valence-corrected chi connectivity index (χ0v) is 17.5. The molecule has 3 aliphatic rings. The van der Waals surface area contributed by atoms with E-state index >= 15 is 0 Å². The molecule has 2 fully saturated rings. The maximum Gasteiger partial charge on any atom is 0.261 e. The fourth-order valence-corrected chi connectivity index (χ4v) is 5.95. The van der Waals surface area contributed by atoms with Gasteiger partial charge in [0.2, 0.25) is 0 Å². The summed E-state index contributed by atoms with van der Waals surface area (Å²) in [6.07, 6.45) is 5.69. The van der Waals surface area contributed by atoms with Gasteiger partial charge in [-0.15, -0.1) is 11.3 Å². The molecule has 1 spiro atoms. The van der Waals surface area contributed by atoms with E-state index in [2.05, 4.69) is 21.6 Å². The summed E-state index contributed by atoms with van der Waals surface area (Å²) in [6, 6.07) is 2.29. The summed E-state index contributed by atoms with van der Waals surface area (Å²) in [4.78, 5) is 17.3. The minimum absolute atomic E-state index is 0.0572. The normalized spacial score (nSPS) is 25.5. The topological polar surface area (TPSA) is 53.6 Å². The first-order valence-corrected chi connectivity index (χ1v) is 11.4. The molecule has 27 heavy (non-hydrogen) atoms. The van der Waals surface area contributed by atoms with Crippen LogP contribution in [0.2, 0.25) is 0 Å². The smallest absolute Gasteiger partial charge is 0.261 e. The van der Waals surface area contributed by atoms with E-state index in [0.717, 1.165) is 49.8 Å². The van der Waals surface area contributed by atoms with E-state index in [9.17, 15) is 4.79 Å². The number of nitrogens with one attached hydrogen (secondary N) is 2. The van der Waals surface area contributed by atoms with Crippen LogP contribution in [0.25, 0.3) is 0 Å². The van der Waals surface area contributed by atoms with Gasteiger partial charge in [-0.3, -0.25) is 4.79 Å². The van der Waals surface area contributed by atoms with Crippen LogP contribution in [-0.2, 0) is 16.8 Å². The Morgan fingerprint density at radius 1 is 1.44 bits per heavy atom. The van der Waals surface area contributed by atoms with E-state index in [-0.39, 0.29) is 17.6 Å². The van der Waals surface area contributed by atoms with Crippen molar-refractivity contribution in [3.8, 4) is 0 Å². The third kappa shape index (κ3) is 4.24. The zero-order valence-electron chi connectivity index (χ0n) is 16.7. The summed E-state index contributed by atoms with van der Waals surface area (Å²) in [6.45, 7) is 10.6. The van der Waals surface area contributed by atoms with Crippen molar-refractivity contribution >= 4 is 17.2 Å². The average molecular weight is 392 g/mol. The molecule has 0 bridgehead atoms. The van der Waals surface area contributed by atoms with Crippen molar-refractivity contribution in [2.75, 3.05) is 39.3 Å². The van der Waals surface area contributed by atoms with Gasteiger partial charge in [0.25, 0.3) is 5.91 Å². The summed E-state index contributed by atoms with van der Waals surface area (Å²) in [5.74, 6) is 0.852. The second-order valence-electron chi connectivity index (χ2n) is 8.68. The first-order chi connectivity index (χ1) is 13.1. The molecule has 6 heteroatoms. The van der Waals surface area contributed by atoms with Crippen molar-refractivity contribution in [2.45, 2.75) is 57.6 Å². The van der Waals surface area contributed by atoms with E-state index < -0.39 is 0 Å². The van der Waals surface area contributed by atoms with Gasteiger partial charge in [0, 0.05) is 37.0 Å². The summed E-state index contributed by atoms with van der Waals surface area (Å²) in [5.41, 5.74) is 1.13. The van der Waals surface area contributed by atoms with Crippen LogP contribution in [-0.4, -0.2) is 56.2 Å². The van der Waals surface area contributed by atoms with E-state index in [0.29, 0.717) is 0 Å². The van der Waals surface area contributed by atoms with Gasteiger partial charge in [-0.25, -0.2) is 0 Å². The number of rotatable bonds is 4. The number of carbonyl (C=O) groups is 1. The van der Waals surface area contributed by atoms with Crippen LogP contribution in [0.4, 0.5) is 0 Å². The molecule has 0 aromatic carbocycles. The molecule has 1 aromatic rings. The van der Waals surface area contributed by atoms with Crippen LogP contribution in [0.15, 0.2) is 6.07 Å². The third-order valence-corrected chi connectivity index (χ3v) is 7.42.